The maximum atomic E-state index is 14.5. The number of carbonyl (C=O) groups is 1. The third-order valence-electron chi connectivity index (χ3n) is 5.37. The van der Waals surface area contributed by atoms with Gasteiger partial charge in [-0.2, -0.15) is 10.4 Å². The highest BCUT2D eigenvalue weighted by Gasteiger charge is 2.27. The number of carbonyl (C=O) groups excluding carboxylic acids is 1. The van der Waals surface area contributed by atoms with E-state index in [1.807, 2.05) is 19.1 Å². The number of nitrogens with zero attached hydrogens (tertiary/aromatic N) is 6. The molecule has 164 valence electrons. The van der Waals surface area contributed by atoms with Crippen LogP contribution in [0.15, 0.2) is 54.7 Å². The summed E-state index contributed by atoms with van der Waals surface area (Å²) in [5.74, 6) is -0.417. The summed E-state index contributed by atoms with van der Waals surface area (Å²) in [4.78, 5) is 23.6. The van der Waals surface area contributed by atoms with Crippen LogP contribution in [0.1, 0.15) is 46.0 Å². The summed E-state index contributed by atoms with van der Waals surface area (Å²) in [5.41, 5.74) is 8.53. The second kappa shape index (κ2) is 8.96. The molecular formula is C24H20FN7O. The van der Waals surface area contributed by atoms with Crippen LogP contribution in [-0.2, 0) is 6.54 Å². The van der Waals surface area contributed by atoms with Crippen molar-refractivity contribution in [3.8, 4) is 6.07 Å². The van der Waals surface area contributed by atoms with Crippen LogP contribution < -0.4 is 5.73 Å². The number of halogens is 1. The Morgan fingerprint density at radius 3 is 2.73 bits per heavy atom. The van der Waals surface area contributed by atoms with Crippen molar-refractivity contribution in [1.29, 1.82) is 5.26 Å². The summed E-state index contributed by atoms with van der Waals surface area (Å²) < 4.78 is 14.5. The molecule has 0 spiro atoms. The van der Waals surface area contributed by atoms with Crippen molar-refractivity contribution in [2.24, 2.45) is 0 Å². The minimum Gasteiger partial charge on any atom is -0.383 e. The lowest BCUT2D eigenvalue weighted by Gasteiger charge is -2.29. The zero-order valence-electron chi connectivity index (χ0n) is 18.0. The van der Waals surface area contributed by atoms with Gasteiger partial charge < -0.3 is 10.6 Å². The number of hydrogen-bond acceptors (Lipinski definition) is 7. The first-order chi connectivity index (χ1) is 15.9. The average molecular weight is 441 g/mol. The van der Waals surface area contributed by atoms with E-state index in [4.69, 9.17) is 11.0 Å². The first-order valence-corrected chi connectivity index (χ1v) is 10.2. The maximum Gasteiger partial charge on any atom is 0.254 e. The number of nitriles is 1. The van der Waals surface area contributed by atoms with E-state index in [2.05, 4.69) is 20.2 Å². The highest BCUT2D eigenvalue weighted by molar-refractivity contribution is 5.98. The van der Waals surface area contributed by atoms with Gasteiger partial charge in [-0.3, -0.25) is 9.78 Å². The number of benzene rings is 1. The minimum atomic E-state index is -0.696. The van der Waals surface area contributed by atoms with Gasteiger partial charge >= 0.3 is 0 Å². The fourth-order valence-electron chi connectivity index (χ4n) is 3.51. The minimum absolute atomic E-state index is 0.0474. The second-order valence-corrected chi connectivity index (χ2v) is 7.60. The molecule has 0 aliphatic heterocycles. The molecule has 9 heteroatoms. The zero-order chi connectivity index (χ0) is 23.5. The standard InChI is InChI=1S/C24H20FN7O/c1-14-10-17-11-16(5-8-21(17)29-23(14)27)24(33)32(13-19-7-6-18(12-26)30-31-19)15(2)22-20(25)4-3-9-28-22/h3-11,15H,13H2,1-2H3,(H2,27,29). The van der Waals surface area contributed by atoms with Crippen LogP contribution in [0, 0.1) is 24.1 Å². The lowest BCUT2D eigenvalue weighted by Crippen LogP contribution is -2.34. The van der Waals surface area contributed by atoms with Crippen LogP contribution >= 0.6 is 0 Å². The van der Waals surface area contributed by atoms with Crippen molar-refractivity contribution in [3.05, 3.63) is 88.8 Å². The fraction of sp³-hybridized carbons (Fsp3) is 0.167. The summed E-state index contributed by atoms with van der Waals surface area (Å²) in [6, 6.07) is 14.1. The molecule has 3 heterocycles. The molecule has 8 nitrogen and oxygen atoms in total. The second-order valence-electron chi connectivity index (χ2n) is 7.60. The molecule has 4 aromatic rings. The monoisotopic (exact) mass is 441 g/mol. The molecular weight excluding hydrogens is 421 g/mol. The Labute approximate surface area is 189 Å². The van der Waals surface area contributed by atoms with E-state index < -0.39 is 11.9 Å². The summed E-state index contributed by atoms with van der Waals surface area (Å²) in [6.07, 6.45) is 1.48. The molecule has 0 aliphatic rings. The maximum absolute atomic E-state index is 14.5. The number of nitrogens with two attached hydrogens (primary N) is 1. The number of hydrogen-bond donors (Lipinski definition) is 1. The van der Waals surface area contributed by atoms with E-state index in [0.717, 1.165) is 10.9 Å². The smallest absolute Gasteiger partial charge is 0.254 e. The van der Waals surface area contributed by atoms with Gasteiger partial charge in [0.25, 0.3) is 5.91 Å². The highest BCUT2D eigenvalue weighted by atomic mass is 19.1. The van der Waals surface area contributed by atoms with Gasteiger partial charge in [0.1, 0.15) is 17.7 Å². The largest absolute Gasteiger partial charge is 0.383 e. The summed E-state index contributed by atoms with van der Waals surface area (Å²) in [5, 5.41) is 17.6. The van der Waals surface area contributed by atoms with Gasteiger partial charge in [-0.1, -0.05) is 0 Å². The van der Waals surface area contributed by atoms with Gasteiger partial charge in [-0.05, 0) is 67.9 Å². The lowest BCUT2D eigenvalue weighted by atomic mass is 10.1. The van der Waals surface area contributed by atoms with E-state index in [1.54, 1.807) is 31.2 Å². The Balaban J connectivity index is 1.75. The molecule has 0 fully saturated rings. The Morgan fingerprint density at radius 2 is 2.03 bits per heavy atom. The van der Waals surface area contributed by atoms with Crippen LogP contribution in [0.5, 0.6) is 0 Å². The molecule has 0 bridgehead atoms. The Hall–Kier alpha value is -4.45. The topological polar surface area (TPSA) is 122 Å². The molecule has 1 atom stereocenters. The number of rotatable bonds is 5. The quantitative estimate of drug-likeness (QED) is 0.501. The van der Waals surface area contributed by atoms with Crippen molar-refractivity contribution in [2.75, 3.05) is 5.73 Å². The third kappa shape index (κ3) is 4.45. The van der Waals surface area contributed by atoms with Gasteiger partial charge in [0.05, 0.1) is 29.5 Å². The average Bonchev–Trinajstić information content (AvgIpc) is 2.83. The molecule has 33 heavy (non-hydrogen) atoms. The zero-order valence-corrected chi connectivity index (χ0v) is 18.0. The first kappa shape index (κ1) is 21.8. The van der Waals surface area contributed by atoms with E-state index >= 15 is 0 Å². The van der Waals surface area contributed by atoms with E-state index in [1.165, 1.54) is 29.3 Å². The van der Waals surface area contributed by atoms with Crippen LogP contribution in [0.4, 0.5) is 10.2 Å². The number of nitrogen functional groups attached to an aromatic ring is 1. The van der Waals surface area contributed by atoms with E-state index in [9.17, 15) is 9.18 Å². The molecule has 0 aliphatic carbocycles. The molecule has 2 N–H and O–H groups in total. The molecule has 3 aromatic heterocycles. The SMILES string of the molecule is Cc1cc2cc(C(=O)N(Cc3ccc(C#N)nn3)C(C)c3ncccc3F)ccc2nc1N. The molecule has 1 unspecified atom stereocenters. The van der Waals surface area contributed by atoms with Gasteiger partial charge in [0.15, 0.2) is 5.69 Å². The number of anilines is 1. The Bertz CT molecular complexity index is 1380. The fourth-order valence-corrected chi connectivity index (χ4v) is 3.51. The van der Waals surface area contributed by atoms with Gasteiger partial charge in [-0.15, -0.1) is 5.10 Å². The van der Waals surface area contributed by atoms with E-state index in [0.29, 0.717) is 22.6 Å². The molecule has 0 saturated carbocycles. The lowest BCUT2D eigenvalue weighted by molar-refractivity contribution is 0.0664. The predicted octanol–water partition coefficient (Wildman–Crippen LogP) is 3.72. The number of fused-ring (bicyclic) bond motifs is 1. The summed E-state index contributed by atoms with van der Waals surface area (Å²) in [7, 11) is 0. The predicted molar refractivity (Wildman–Crippen MR) is 120 cm³/mol. The van der Waals surface area contributed by atoms with Crippen LogP contribution in [0.2, 0.25) is 0 Å². The Kier molecular flexibility index (Phi) is 5.91. The number of pyridine rings is 2. The molecule has 1 aromatic carbocycles. The molecule has 0 saturated heterocycles. The third-order valence-corrected chi connectivity index (χ3v) is 5.37. The molecule has 1 amide bonds. The van der Waals surface area contributed by atoms with Crippen molar-refractivity contribution in [3.63, 3.8) is 0 Å². The van der Waals surface area contributed by atoms with Crippen molar-refractivity contribution in [1.82, 2.24) is 25.1 Å². The molecule has 0 radical (unpaired) electrons. The normalized spacial score (nSPS) is 11.7. The van der Waals surface area contributed by atoms with Crippen molar-refractivity contribution in [2.45, 2.75) is 26.4 Å². The highest BCUT2D eigenvalue weighted by Crippen LogP contribution is 2.26. The van der Waals surface area contributed by atoms with Gasteiger partial charge in [-0.25, -0.2) is 9.37 Å². The molecule has 4 rings (SSSR count). The number of amides is 1. The number of aryl methyl sites for hydroxylation is 1. The number of aromatic nitrogens is 4. The van der Waals surface area contributed by atoms with Gasteiger partial charge in [0.2, 0.25) is 0 Å². The van der Waals surface area contributed by atoms with Crippen LogP contribution in [0.25, 0.3) is 10.9 Å². The first-order valence-electron chi connectivity index (χ1n) is 10.2. The van der Waals surface area contributed by atoms with Crippen molar-refractivity contribution >= 4 is 22.6 Å². The van der Waals surface area contributed by atoms with Crippen LogP contribution in [0.3, 0.4) is 0 Å². The summed E-state index contributed by atoms with van der Waals surface area (Å²) >= 11 is 0. The summed E-state index contributed by atoms with van der Waals surface area (Å²) in [6.45, 7) is 3.59. The van der Waals surface area contributed by atoms with Crippen molar-refractivity contribution < 1.29 is 9.18 Å². The van der Waals surface area contributed by atoms with Gasteiger partial charge in [0, 0.05) is 17.1 Å². The van der Waals surface area contributed by atoms with E-state index in [-0.39, 0.29) is 23.8 Å². The van der Waals surface area contributed by atoms with Crippen LogP contribution in [-0.4, -0.2) is 31.0 Å². The Morgan fingerprint density at radius 1 is 1.21 bits per heavy atom.